The van der Waals surface area contributed by atoms with Gasteiger partial charge in [0.1, 0.15) is 11.5 Å². The number of guanidine groups is 1. The predicted molar refractivity (Wildman–Crippen MR) is 79.3 cm³/mol. The van der Waals surface area contributed by atoms with Crippen LogP contribution in [-0.2, 0) is 6.18 Å². The summed E-state index contributed by atoms with van der Waals surface area (Å²) in [4.78, 5) is 0. The van der Waals surface area contributed by atoms with E-state index in [0.29, 0.717) is 11.1 Å². The highest BCUT2D eigenvalue weighted by Crippen LogP contribution is 2.29. The van der Waals surface area contributed by atoms with Crippen molar-refractivity contribution in [2.45, 2.75) is 6.18 Å². The SMILES string of the molecule is NC(N)=N/N=C(/c1ccc(F)cc1)c1ccc(C(F)(F)F)cc1. The molecule has 2 aromatic rings. The molecule has 4 N–H and O–H groups in total. The van der Waals surface area contributed by atoms with E-state index >= 15 is 0 Å². The van der Waals surface area contributed by atoms with Gasteiger partial charge in [0.2, 0.25) is 5.96 Å². The van der Waals surface area contributed by atoms with Gasteiger partial charge in [-0.15, -0.1) is 10.2 Å². The molecular formula is C15H12F4N4. The van der Waals surface area contributed by atoms with Gasteiger partial charge < -0.3 is 11.5 Å². The first-order valence-electron chi connectivity index (χ1n) is 6.37. The fourth-order valence-corrected chi connectivity index (χ4v) is 1.81. The maximum Gasteiger partial charge on any atom is 0.416 e. The summed E-state index contributed by atoms with van der Waals surface area (Å²) in [6, 6.07) is 9.57. The molecule has 0 heterocycles. The van der Waals surface area contributed by atoms with Crippen LogP contribution in [0.3, 0.4) is 0 Å². The molecule has 4 nitrogen and oxygen atoms in total. The Morgan fingerprint density at radius 1 is 0.783 bits per heavy atom. The molecule has 0 bridgehead atoms. The second-order valence-electron chi connectivity index (χ2n) is 4.56. The first kappa shape index (κ1) is 16.5. The zero-order valence-corrected chi connectivity index (χ0v) is 11.7. The van der Waals surface area contributed by atoms with Crippen LogP contribution in [0, 0.1) is 5.82 Å². The van der Waals surface area contributed by atoms with Gasteiger partial charge in [-0.2, -0.15) is 13.2 Å². The standard InChI is InChI=1S/C15H12F4N4/c16-12-7-3-10(4-8-12)13(22-23-14(20)21)9-1-5-11(6-2-9)15(17,18)19/h1-8H,(H4,20,21,23)/b22-13+. The van der Waals surface area contributed by atoms with Gasteiger partial charge in [-0.3, -0.25) is 0 Å². The minimum absolute atomic E-state index is 0.215. The molecule has 8 heteroatoms. The van der Waals surface area contributed by atoms with E-state index in [-0.39, 0.29) is 11.7 Å². The van der Waals surface area contributed by atoms with Gasteiger partial charge in [-0.05, 0) is 36.4 Å². The minimum Gasteiger partial charge on any atom is -0.369 e. The van der Waals surface area contributed by atoms with Crippen LogP contribution in [0.1, 0.15) is 16.7 Å². The molecule has 0 radical (unpaired) electrons. The normalized spacial score (nSPS) is 12.1. The smallest absolute Gasteiger partial charge is 0.369 e. The van der Waals surface area contributed by atoms with Crippen molar-refractivity contribution in [3.05, 3.63) is 71.0 Å². The number of halogens is 4. The summed E-state index contributed by atoms with van der Waals surface area (Å²) in [5.41, 5.74) is 10.7. The van der Waals surface area contributed by atoms with Crippen LogP contribution >= 0.6 is 0 Å². The summed E-state index contributed by atoms with van der Waals surface area (Å²) in [6.45, 7) is 0. The molecule has 0 aromatic heterocycles. The average molecular weight is 324 g/mol. The Kier molecular flexibility index (Phi) is 4.63. The molecule has 0 spiro atoms. The van der Waals surface area contributed by atoms with Crippen LogP contribution < -0.4 is 11.5 Å². The summed E-state index contributed by atoms with van der Waals surface area (Å²) in [5.74, 6) is -0.765. The third kappa shape index (κ3) is 4.29. The fourth-order valence-electron chi connectivity index (χ4n) is 1.81. The van der Waals surface area contributed by atoms with Crippen LogP contribution in [0.5, 0.6) is 0 Å². The van der Waals surface area contributed by atoms with E-state index in [1.807, 2.05) is 0 Å². The first-order chi connectivity index (χ1) is 10.8. The molecule has 0 aliphatic heterocycles. The molecule has 23 heavy (non-hydrogen) atoms. The van der Waals surface area contributed by atoms with Crippen LogP contribution in [0.4, 0.5) is 17.6 Å². The molecule has 0 unspecified atom stereocenters. The van der Waals surface area contributed by atoms with Gasteiger partial charge in [-0.1, -0.05) is 12.1 Å². The molecule has 120 valence electrons. The van der Waals surface area contributed by atoms with E-state index < -0.39 is 17.6 Å². The molecule has 0 aliphatic rings. The summed E-state index contributed by atoms with van der Waals surface area (Å²) in [7, 11) is 0. The number of nitrogens with two attached hydrogens (primary N) is 2. The van der Waals surface area contributed by atoms with Crippen molar-refractivity contribution >= 4 is 11.7 Å². The Labute approximate surface area is 129 Å². The van der Waals surface area contributed by atoms with Crippen LogP contribution in [0.25, 0.3) is 0 Å². The van der Waals surface area contributed by atoms with Gasteiger partial charge in [0.25, 0.3) is 0 Å². The fraction of sp³-hybridized carbons (Fsp3) is 0.0667. The zero-order valence-electron chi connectivity index (χ0n) is 11.7. The van der Waals surface area contributed by atoms with Gasteiger partial charge in [0.15, 0.2) is 0 Å². The quantitative estimate of drug-likeness (QED) is 0.394. The Morgan fingerprint density at radius 2 is 1.26 bits per heavy atom. The van der Waals surface area contributed by atoms with Crippen LogP contribution in [0.2, 0.25) is 0 Å². The molecule has 0 amide bonds. The van der Waals surface area contributed by atoms with Gasteiger partial charge in [0, 0.05) is 11.1 Å². The summed E-state index contributed by atoms with van der Waals surface area (Å²) >= 11 is 0. The largest absolute Gasteiger partial charge is 0.416 e. The molecule has 0 saturated heterocycles. The monoisotopic (exact) mass is 324 g/mol. The van der Waals surface area contributed by atoms with Crippen molar-refractivity contribution < 1.29 is 17.6 Å². The number of hydrogen-bond acceptors (Lipinski definition) is 2. The van der Waals surface area contributed by atoms with E-state index in [0.717, 1.165) is 12.1 Å². The van der Waals surface area contributed by atoms with E-state index in [9.17, 15) is 17.6 Å². The topological polar surface area (TPSA) is 76.8 Å². The lowest BCUT2D eigenvalue weighted by molar-refractivity contribution is -0.137. The highest BCUT2D eigenvalue weighted by Gasteiger charge is 2.30. The molecule has 0 saturated carbocycles. The number of benzene rings is 2. The molecule has 2 rings (SSSR count). The number of rotatable bonds is 3. The predicted octanol–water partition coefficient (Wildman–Crippen LogP) is 2.87. The lowest BCUT2D eigenvalue weighted by Crippen LogP contribution is -2.22. The summed E-state index contributed by atoms with van der Waals surface area (Å²) in [5, 5.41) is 7.35. The molecular weight excluding hydrogens is 312 g/mol. The Balaban J connectivity index is 2.48. The maximum absolute atomic E-state index is 13.0. The minimum atomic E-state index is -4.44. The average Bonchev–Trinajstić information content (AvgIpc) is 2.48. The third-order valence-corrected chi connectivity index (χ3v) is 2.87. The van der Waals surface area contributed by atoms with Crippen molar-refractivity contribution in [3.63, 3.8) is 0 Å². The zero-order chi connectivity index (χ0) is 17.0. The maximum atomic E-state index is 13.0. The number of alkyl halides is 3. The Hall–Kier alpha value is -2.90. The van der Waals surface area contributed by atoms with E-state index in [4.69, 9.17) is 11.5 Å². The van der Waals surface area contributed by atoms with Crippen LogP contribution in [-0.4, -0.2) is 11.7 Å². The van der Waals surface area contributed by atoms with Crippen molar-refractivity contribution in [2.24, 2.45) is 21.7 Å². The number of hydrogen-bond donors (Lipinski definition) is 2. The summed E-state index contributed by atoms with van der Waals surface area (Å²) < 4.78 is 50.9. The van der Waals surface area contributed by atoms with E-state index in [1.165, 1.54) is 36.4 Å². The molecule has 0 fully saturated rings. The third-order valence-electron chi connectivity index (χ3n) is 2.87. The van der Waals surface area contributed by atoms with E-state index in [1.54, 1.807) is 0 Å². The highest BCUT2D eigenvalue weighted by molar-refractivity contribution is 6.13. The molecule has 0 aliphatic carbocycles. The second kappa shape index (κ2) is 6.47. The molecule has 0 atom stereocenters. The second-order valence-corrected chi connectivity index (χ2v) is 4.56. The van der Waals surface area contributed by atoms with Crippen molar-refractivity contribution in [1.29, 1.82) is 0 Å². The van der Waals surface area contributed by atoms with Crippen molar-refractivity contribution in [1.82, 2.24) is 0 Å². The van der Waals surface area contributed by atoms with Crippen molar-refractivity contribution in [3.8, 4) is 0 Å². The van der Waals surface area contributed by atoms with Gasteiger partial charge >= 0.3 is 6.18 Å². The lowest BCUT2D eigenvalue weighted by Gasteiger charge is -2.09. The van der Waals surface area contributed by atoms with Gasteiger partial charge in [-0.25, -0.2) is 4.39 Å². The Morgan fingerprint density at radius 3 is 1.70 bits per heavy atom. The van der Waals surface area contributed by atoms with Crippen molar-refractivity contribution in [2.75, 3.05) is 0 Å². The van der Waals surface area contributed by atoms with E-state index in [2.05, 4.69) is 10.2 Å². The molecule has 2 aromatic carbocycles. The first-order valence-corrected chi connectivity index (χ1v) is 6.37. The number of nitrogens with zero attached hydrogens (tertiary/aromatic N) is 2. The van der Waals surface area contributed by atoms with Crippen LogP contribution in [0.15, 0.2) is 58.7 Å². The van der Waals surface area contributed by atoms with Gasteiger partial charge in [0.05, 0.1) is 5.56 Å². The lowest BCUT2D eigenvalue weighted by atomic mass is 10.0. The summed E-state index contributed by atoms with van der Waals surface area (Å²) in [6.07, 6.45) is -4.44. The Bertz CT molecular complexity index is 728. The highest BCUT2D eigenvalue weighted by atomic mass is 19.4.